The van der Waals surface area contributed by atoms with Gasteiger partial charge in [-0.3, -0.25) is 0 Å². The van der Waals surface area contributed by atoms with Crippen molar-refractivity contribution in [1.29, 1.82) is 0 Å². The van der Waals surface area contributed by atoms with Gasteiger partial charge in [-0.05, 0) is 6.07 Å². The molecule has 3 nitrogen and oxygen atoms in total. The number of nitrogens with zero attached hydrogens (tertiary/aromatic N) is 1. The van der Waals surface area contributed by atoms with E-state index in [2.05, 4.69) is 4.98 Å². The Bertz CT molecular complexity index is 491. The average Bonchev–Trinajstić information content (AvgIpc) is 2.06. The van der Waals surface area contributed by atoms with Gasteiger partial charge in [-0.2, -0.15) is 0 Å². The highest BCUT2D eigenvalue weighted by Gasteiger charge is 2.25. The molecule has 0 bridgehead atoms. The van der Waals surface area contributed by atoms with Gasteiger partial charge in [0.05, 0.1) is 0 Å². The van der Waals surface area contributed by atoms with Crippen LogP contribution in [0.2, 0.25) is 5.15 Å². The second kappa shape index (κ2) is 4.15. The van der Waals surface area contributed by atoms with Gasteiger partial charge in [-0.15, -0.1) is 0 Å². The summed E-state index contributed by atoms with van der Waals surface area (Å²) in [5.41, 5.74) is -1.35. The molecule has 0 saturated heterocycles. The van der Waals surface area contributed by atoms with Crippen LogP contribution in [0.15, 0.2) is 11.0 Å². The highest BCUT2D eigenvalue weighted by Crippen LogP contribution is 2.28. The molecule has 9 heteroatoms. The highest BCUT2D eigenvalue weighted by atomic mass is 35.7. The van der Waals surface area contributed by atoms with Crippen LogP contribution in [0.4, 0.5) is 13.2 Å². The van der Waals surface area contributed by atoms with Crippen molar-refractivity contribution in [3.05, 3.63) is 22.7 Å². The first-order valence-electron chi connectivity index (χ1n) is 3.32. The van der Waals surface area contributed by atoms with Crippen molar-refractivity contribution in [1.82, 2.24) is 4.98 Å². The fraction of sp³-hybridized carbons (Fsp3) is 0.167. The van der Waals surface area contributed by atoms with Gasteiger partial charge in [0.25, 0.3) is 15.5 Å². The van der Waals surface area contributed by atoms with Gasteiger partial charge in [-0.1, -0.05) is 11.6 Å². The standard InChI is InChI=1S/C6H2Cl2F3NO2S/c7-3-1-2(15(8,13)14)4(9)5(12-3)6(10)11/h1,6H. The Morgan fingerprint density at radius 2 is 1.93 bits per heavy atom. The van der Waals surface area contributed by atoms with Crippen LogP contribution in [0, 0.1) is 5.82 Å². The van der Waals surface area contributed by atoms with E-state index in [0.29, 0.717) is 6.07 Å². The topological polar surface area (TPSA) is 47.0 Å². The van der Waals surface area contributed by atoms with Crippen LogP contribution in [0.1, 0.15) is 12.1 Å². The van der Waals surface area contributed by atoms with Crippen LogP contribution in [0.3, 0.4) is 0 Å². The van der Waals surface area contributed by atoms with Gasteiger partial charge in [0, 0.05) is 10.7 Å². The lowest BCUT2D eigenvalue weighted by Crippen LogP contribution is -2.03. The summed E-state index contributed by atoms with van der Waals surface area (Å²) in [5, 5.41) is -0.578. The molecule has 0 fully saturated rings. The monoisotopic (exact) mass is 279 g/mol. The van der Waals surface area contributed by atoms with Gasteiger partial charge in [-0.25, -0.2) is 26.6 Å². The molecule has 0 unspecified atom stereocenters. The van der Waals surface area contributed by atoms with Crippen LogP contribution < -0.4 is 0 Å². The Balaban J connectivity index is 3.56. The van der Waals surface area contributed by atoms with E-state index in [1.54, 1.807) is 0 Å². The SMILES string of the molecule is O=S(=O)(Cl)c1cc(Cl)nc(C(F)F)c1F. The van der Waals surface area contributed by atoms with Crippen molar-refractivity contribution < 1.29 is 21.6 Å². The van der Waals surface area contributed by atoms with Crippen molar-refractivity contribution in [2.75, 3.05) is 0 Å². The average molecular weight is 280 g/mol. The molecule has 0 saturated carbocycles. The van der Waals surface area contributed by atoms with E-state index < -0.39 is 37.0 Å². The van der Waals surface area contributed by atoms with E-state index >= 15 is 0 Å². The summed E-state index contributed by atoms with van der Waals surface area (Å²) in [7, 11) is 0.341. The van der Waals surface area contributed by atoms with Gasteiger partial charge >= 0.3 is 0 Å². The summed E-state index contributed by atoms with van der Waals surface area (Å²) in [4.78, 5) is 1.85. The van der Waals surface area contributed by atoms with E-state index in [9.17, 15) is 21.6 Å². The highest BCUT2D eigenvalue weighted by molar-refractivity contribution is 8.13. The lowest BCUT2D eigenvalue weighted by molar-refractivity contribution is 0.139. The Morgan fingerprint density at radius 3 is 2.33 bits per heavy atom. The third-order valence-corrected chi connectivity index (χ3v) is 2.90. The zero-order valence-corrected chi connectivity index (χ0v) is 9.04. The summed E-state index contributed by atoms with van der Waals surface area (Å²) < 4.78 is 59.0. The summed E-state index contributed by atoms with van der Waals surface area (Å²) in [6, 6.07) is 0.561. The van der Waals surface area contributed by atoms with Gasteiger partial charge < -0.3 is 0 Å². The largest absolute Gasteiger partial charge is 0.283 e. The molecule has 0 aliphatic heterocycles. The molecule has 0 aliphatic carbocycles. The molecule has 0 aromatic carbocycles. The van der Waals surface area contributed by atoms with Crippen molar-refractivity contribution >= 4 is 31.3 Å². The maximum atomic E-state index is 13.1. The molecule has 0 aliphatic rings. The first kappa shape index (κ1) is 12.5. The summed E-state index contributed by atoms with van der Waals surface area (Å²) >= 11 is 5.24. The molecule has 1 aromatic heterocycles. The van der Waals surface area contributed by atoms with Crippen molar-refractivity contribution in [2.24, 2.45) is 0 Å². The number of aromatic nitrogens is 1. The van der Waals surface area contributed by atoms with E-state index in [4.69, 9.17) is 22.3 Å². The summed E-state index contributed by atoms with van der Waals surface area (Å²) in [6.45, 7) is 0. The van der Waals surface area contributed by atoms with Crippen molar-refractivity contribution in [2.45, 2.75) is 11.3 Å². The van der Waals surface area contributed by atoms with Gasteiger partial charge in [0.1, 0.15) is 15.7 Å². The number of hydrogen-bond acceptors (Lipinski definition) is 3. The molecule has 0 spiro atoms. The number of pyridine rings is 1. The molecule has 0 radical (unpaired) electrons. The Labute approximate surface area is 92.2 Å². The second-order valence-electron chi connectivity index (χ2n) is 2.38. The number of alkyl halides is 2. The van der Waals surface area contributed by atoms with Crippen molar-refractivity contribution in [3.63, 3.8) is 0 Å². The maximum Gasteiger partial charge on any atom is 0.283 e. The van der Waals surface area contributed by atoms with Gasteiger partial charge in [0.15, 0.2) is 5.82 Å². The molecule has 15 heavy (non-hydrogen) atoms. The zero-order valence-electron chi connectivity index (χ0n) is 6.72. The molecule has 1 aromatic rings. The molecule has 0 amide bonds. The smallest absolute Gasteiger partial charge is 0.232 e. The van der Waals surface area contributed by atoms with Crippen LogP contribution in [-0.2, 0) is 9.05 Å². The number of rotatable bonds is 2. The van der Waals surface area contributed by atoms with Crippen LogP contribution >= 0.6 is 22.3 Å². The van der Waals surface area contributed by atoms with E-state index in [-0.39, 0.29) is 0 Å². The minimum atomic E-state index is -4.47. The first-order valence-corrected chi connectivity index (χ1v) is 6.01. The second-order valence-corrected chi connectivity index (χ2v) is 5.30. The fourth-order valence-electron chi connectivity index (χ4n) is 0.816. The normalized spacial score (nSPS) is 12.1. The van der Waals surface area contributed by atoms with E-state index in [0.717, 1.165) is 0 Å². The van der Waals surface area contributed by atoms with E-state index in [1.165, 1.54) is 0 Å². The van der Waals surface area contributed by atoms with Crippen LogP contribution in [0.25, 0.3) is 0 Å². The van der Waals surface area contributed by atoms with Crippen LogP contribution in [0.5, 0.6) is 0 Å². The molecule has 0 atom stereocenters. The van der Waals surface area contributed by atoms with Crippen molar-refractivity contribution in [3.8, 4) is 0 Å². The summed E-state index contributed by atoms with van der Waals surface area (Å²) in [5.74, 6) is -1.69. The molecule has 0 N–H and O–H groups in total. The minimum Gasteiger partial charge on any atom is -0.232 e. The number of halogens is 5. The third-order valence-electron chi connectivity index (χ3n) is 1.39. The first-order chi connectivity index (χ1) is 6.73. The molecular formula is C6H2Cl2F3NO2S. The minimum absolute atomic E-state index is 0.561. The molecular weight excluding hydrogens is 278 g/mol. The fourth-order valence-corrected chi connectivity index (χ4v) is 1.99. The lowest BCUT2D eigenvalue weighted by atomic mass is 10.3. The lowest BCUT2D eigenvalue weighted by Gasteiger charge is -2.05. The summed E-state index contributed by atoms with van der Waals surface area (Å²) in [6.07, 6.45) is -3.28. The number of hydrogen-bond donors (Lipinski definition) is 0. The van der Waals surface area contributed by atoms with Crippen LogP contribution in [-0.4, -0.2) is 13.4 Å². The van der Waals surface area contributed by atoms with Gasteiger partial charge in [0.2, 0.25) is 0 Å². The predicted molar refractivity (Wildman–Crippen MR) is 47.2 cm³/mol. The molecule has 1 rings (SSSR count). The Hall–Kier alpha value is -0.530. The molecule has 1 heterocycles. The quantitative estimate of drug-likeness (QED) is 0.618. The predicted octanol–water partition coefficient (Wildman–Crippen LogP) is 2.74. The third kappa shape index (κ3) is 2.73. The Morgan fingerprint density at radius 1 is 1.40 bits per heavy atom. The molecule has 84 valence electrons. The maximum absolute atomic E-state index is 13.1. The Kier molecular flexibility index (Phi) is 3.47. The zero-order chi connectivity index (χ0) is 11.8. The van der Waals surface area contributed by atoms with E-state index in [1.807, 2.05) is 0 Å².